The lowest BCUT2D eigenvalue weighted by atomic mass is 10.2. The summed E-state index contributed by atoms with van der Waals surface area (Å²) in [6, 6.07) is 8.38. The van der Waals surface area contributed by atoms with Crippen LogP contribution in [0.4, 0.5) is 17.5 Å². The molecule has 0 unspecified atom stereocenters. The van der Waals surface area contributed by atoms with Crippen LogP contribution in [0.5, 0.6) is 0 Å². The maximum absolute atomic E-state index is 11.2. The Labute approximate surface area is 104 Å². The van der Waals surface area contributed by atoms with E-state index in [1.807, 2.05) is 0 Å². The van der Waals surface area contributed by atoms with Gasteiger partial charge in [-0.15, -0.1) is 0 Å². The number of anilines is 3. The van der Waals surface area contributed by atoms with Crippen LogP contribution in [0.15, 0.2) is 36.5 Å². The highest BCUT2D eigenvalue weighted by molar-refractivity contribution is 5.89. The van der Waals surface area contributed by atoms with Crippen molar-refractivity contribution >= 4 is 23.4 Å². The minimum atomic E-state index is -0.373. The van der Waals surface area contributed by atoms with Crippen molar-refractivity contribution in [1.29, 1.82) is 0 Å². The molecule has 0 atom stereocenters. The number of ether oxygens (including phenoxy) is 1. The highest BCUT2D eigenvalue weighted by Gasteiger charge is 2.04. The number of methoxy groups -OCH3 is 1. The molecular formula is C12H12N4O2. The largest absolute Gasteiger partial charge is 0.465 e. The minimum absolute atomic E-state index is 0.373. The lowest BCUT2D eigenvalue weighted by Crippen LogP contribution is -2.02. The van der Waals surface area contributed by atoms with E-state index in [1.165, 1.54) is 7.11 Å². The summed E-state index contributed by atoms with van der Waals surface area (Å²) in [7, 11) is 1.34. The number of benzene rings is 1. The van der Waals surface area contributed by atoms with E-state index in [0.717, 1.165) is 5.69 Å². The van der Waals surface area contributed by atoms with Crippen molar-refractivity contribution in [3.05, 3.63) is 42.1 Å². The Hall–Kier alpha value is -2.63. The van der Waals surface area contributed by atoms with Gasteiger partial charge >= 0.3 is 5.97 Å². The number of nitrogens with zero attached hydrogens (tertiary/aromatic N) is 2. The average Bonchev–Trinajstić information content (AvgIpc) is 2.39. The first-order valence-corrected chi connectivity index (χ1v) is 5.23. The summed E-state index contributed by atoms with van der Waals surface area (Å²) >= 11 is 0. The van der Waals surface area contributed by atoms with Crippen LogP contribution in [0.2, 0.25) is 0 Å². The molecule has 1 aromatic heterocycles. The number of esters is 1. The molecule has 2 rings (SSSR count). The zero-order chi connectivity index (χ0) is 13.0. The first kappa shape index (κ1) is 11.8. The van der Waals surface area contributed by atoms with Gasteiger partial charge in [0.2, 0.25) is 5.95 Å². The van der Waals surface area contributed by atoms with Crippen molar-refractivity contribution in [2.75, 3.05) is 18.2 Å². The Balaban J connectivity index is 2.13. The number of aromatic nitrogens is 2. The molecule has 0 saturated heterocycles. The number of nitrogens with two attached hydrogens (primary N) is 1. The lowest BCUT2D eigenvalue weighted by molar-refractivity contribution is 0.0601. The van der Waals surface area contributed by atoms with Crippen molar-refractivity contribution < 1.29 is 9.53 Å². The molecule has 3 N–H and O–H groups in total. The van der Waals surface area contributed by atoms with Gasteiger partial charge in [-0.2, -0.15) is 4.98 Å². The third-order valence-corrected chi connectivity index (χ3v) is 2.24. The Kier molecular flexibility index (Phi) is 3.38. The highest BCUT2D eigenvalue weighted by Crippen LogP contribution is 2.14. The van der Waals surface area contributed by atoms with E-state index in [1.54, 1.807) is 36.5 Å². The van der Waals surface area contributed by atoms with Crippen LogP contribution in [-0.4, -0.2) is 23.0 Å². The summed E-state index contributed by atoms with van der Waals surface area (Å²) in [6.45, 7) is 0. The molecule has 0 spiro atoms. The number of hydrogen-bond donors (Lipinski definition) is 2. The maximum atomic E-state index is 11.2. The Morgan fingerprint density at radius 1 is 1.28 bits per heavy atom. The van der Waals surface area contributed by atoms with Crippen LogP contribution in [-0.2, 0) is 4.74 Å². The number of carbonyl (C=O) groups is 1. The Bertz CT molecular complexity index is 554. The SMILES string of the molecule is COC(=O)c1ccc(Nc2nccc(N)n2)cc1. The molecule has 18 heavy (non-hydrogen) atoms. The van der Waals surface area contributed by atoms with Gasteiger partial charge in [-0.25, -0.2) is 9.78 Å². The van der Waals surface area contributed by atoms with Crippen LogP contribution < -0.4 is 11.1 Å². The van der Waals surface area contributed by atoms with E-state index in [9.17, 15) is 4.79 Å². The monoisotopic (exact) mass is 244 g/mol. The van der Waals surface area contributed by atoms with Crippen LogP contribution in [0.3, 0.4) is 0 Å². The molecule has 6 heteroatoms. The van der Waals surface area contributed by atoms with Gasteiger partial charge in [-0.1, -0.05) is 0 Å². The molecule has 92 valence electrons. The molecule has 0 aliphatic heterocycles. The number of nitrogen functional groups attached to an aromatic ring is 1. The second kappa shape index (κ2) is 5.13. The fourth-order valence-electron chi connectivity index (χ4n) is 1.37. The molecule has 0 radical (unpaired) electrons. The van der Waals surface area contributed by atoms with Gasteiger partial charge in [0.25, 0.3) is 0 Å². The summed E-state index contributed by atoms with van der Waals surface area (Å²) in [5, 5.41) is 2.97. The first-order chi connectivity index (χ1) is 8.69. The van der Waals surface area contributed by atoms with Crippen molar-refractivity contribution in [1.82, 2.24) is 9.97 Å². The summed E-state index contributed by atoms with van der Waals surface area (Å²) < 4.78 is 4.61. The van der Waals surface area contributed by atoms with Crippen molar-refractivity contribution in [3.63, 3.8) is 0 Å². The third-order valence-electron chi connectivity index (χ3n) is 2.24. The van der Waals surface area contributed by atoms with Crippen LogP contribution in [0, 0.1) is 0 Å². The lowest BCUT2D eigenvalue weighted by Gasteiger charge is -2.05. The Morgan fingerprint density at radius 3 is 2.61 bits per heavy atom. The second-order valence-electron chi connectivity index (χ2n) is 3.50. The van der Waals surface area contributed by atoms with E-state index in [0.29, 0.717) is 17.3 Å². The van der Waals surface area contributed by atoms with Gasteiger partial charge < -0.3 is 15.8 Å². The van der Waals surface area contributed by atoms with Crippen LogP contribution >= 0.6 is 0 Å². The number of hydrogen-bond acceptors (Lipinski definition) is 6. The molecule has 1 aromatic carbocycles. The summed E-state index contributed by atoms with van der Waals surface area (Å²) in [5.74, 6) is 0.418. The second-order valence-corrected chi connectivity index (χ2v) is 3.50. The summed E-state index contributed by atoms with van der Waals surface area (Å²) in [6.07, 6.45) is 1.56. The van der Waals surface area contributed by atoms with Gasteiger partial charge in [0.05, 0.1) is 12.7 Å². The van der Waals surface area contributed by atoms with Gasteiger partial charge in [-0.3, -0.25) is 0 Å². The van der Waals surface area contributed by atoms with Gasteiger partial charge in [-0.05, 0) is 30.3 Å². The van der Waals surface area contributed by atoms with E-state index >= 15 is 0 Å². The smallest absolute Gasteiger partial charge is 0.337 e. The highest BCUT2D eigenvalue weighted by atomic mass is 16.5. The van der Waals surface area contributed by atoms with Gasteiger partial charge in [0.15, 0.2) is 0 Å². The van der Waals surface area contributed by atoms with Gasteiger partial charge in [0, 0.05) is 11.9 Å². The molecule has 0 aliphatic carbocycles. The molecule has 0 fully saturated rings. The molecule has 0 aliphatic rings. The topological polar surface area (TPSA) is 90.1 Å². The fourth-order valence-corrected chi connectivity index (χ4v) is 1.37. The minimum Gasteiger partial charge on any atom is -0.465 e. The molecule has 0 bridgehead atoms. The number of carbonyl (C=O) groups excluding carboxylic acids is 1. The molecule has 0 amide bonds. The zero-order valence-electron chi connectivity index (χ0n) is 9.75. The first-order valence-electron chi connectivity index (χ1n) is 5.23. The maximum Gasteiger partial charge on any atom is 0.337 e. The summed E-state index contributed by atoms with van der Waals surface area (Å²) in [4.78, 5) is 19.3. The molecule has 0 saturated carbocycles. The van der Waals surface area contributed by atoms with Crippen molar-refractivity contribution in [2.45, 2.75) is 0 Å². The predicted molar refractivity (Wildman–Crippen MR) is 67.5 cm³/mol. The quantitative estimate of drug-likeness (QED) is 0.797. The van der Waals surface area contributed by atoms with Crippen LogP contribution in [0.1, 0.15) is 10.4 Å². The number of nitrogens with one attached hydrogen (secondary N) is 1. The molecule has 6 nitrogen and oxygen atoms in total. The van der Waals surface area contributed by atoms with Crippen LogP contribution in [0.25, 0.3) is 0 Å². The van der Waals surface area contributed by atoms with Crippen molar-refractivity contribution in [3.8, 4) is 0 Å². The normalized spacial score (nSPS) is 9.83. The van der Waals surface area contributed by atoms with E-state index in [4.69, 9.17) is 5.73 Å². The van der Waals surface area contributed by atoms with E-state index in [2.05, 4.69) is 20.0 Å². The zero-order valence-corrected chi connectivity index (χ0v) is 9.75. The van der Waals surface area contributed by atoms with Crippen molar-refractivity contribution in [2.24, 2.45) is 0 Å². The predicted octanol–water partition coefficient (Wildman–Crippen LogP) is 1.59. The Morgan fingerprint density at radius 2 is 2.00 bits per heavy atom. The standard InChI is InChI=1S/C12H12N4O2/c1-18-11(17)8-2-4-9(5-3-8)15-12-14-7-6-10(13)16-12/h2-7H,1H3,(H3,13,14,15,16). The molecule has 2 aromatic rings. The molecule has 1 heterocycles. The third kappa shape index (κ3) is 2.73. The fraction of sp³-hybridized carbons (Fsp3) is 0.0833. The van der Waals surface area contributed by atoms with Gasteiger partial charge in [0.1, 0.15) is 5.82 Å². The summed E-state index contributed by atoms with van der Waals surface area (Å²) in [5.41, 5.74) is 6.78. The molecular weight excluding hydrogens is 232 g/mol. The average molecular weight is 244 g/mol. The van der Waals surface area contributed by atoms with E-state index in [-0.39, 0.29) is 5.97 Å². The number of rotatable bonds is 3. The van der Waals surface area contributed by atoms with E-state index < -0.39 is 0 Å².